The topological polar surface area (TPSA) is 160 Å². The molecule has 15 heavy (non-hydrogen) atoms. The maximum atomic E-state index is 10.7. The van der Waals surface area contributed by atoms with Gasteiger partial charge in [0, 0.05) is 12.3 Å². The Kier molecular flexibility index (Phi) is 2.78. The van der Waals surface area contributed by atoms with Crippen LogP contribution in [0.25, 0.3) is 0 Å². The van der Waals surface area contributed by atoms with Crippen molar-refractivity contribution >= 4 is 23.6 Å². The van der Waals surface area contributed by atoms with Crippen molar-refractivity contribution in [1.82, 2.24) is 4.98 Å². The summed E-state index contributed by atoms with van der Waals surface area (Å²) < 4.78 is 0. The molecule has 0 bridgehead atoms. The summed E-state index contributed by atoms with van der Waals surface area (Å²) in [6, 6.07) is -0.357. The number of hydrogen-bond acceptors (Lipinski definition) is 4. The van der Waals surface area contributed by atoms with Crippen LogP contribution in [0, 0.1) is 0 Å². The molecule has 1 aromatic rings. The van der Waals surface area contributed by atoms with Gasteiger partial charge in [0.15, 0.2) is 0 Å². The number of nitrogens with zero attached hydrogens (tertiary/aromatic N) is 2. The number of nitrogens with one attached hydrogen (secondary N) is 1. The van der Waals surface area contributed by atoms with Crippen molar-refractivity contribution in [3.05, 3.63) is 12.3 Å². The molecule has 0 fully saturated rings. The lowest BCUT2D eigenvalue weighted by atomic mass is 10.5. The third-order valence-electron chi connectivity index (χ3n) is 1.67. The largest absolute Gasteiger partial charge is 0.350 e. The standard InChI is InChI=1S/C6H11N7O2/c7-5(14)12(9)3-1-4(11-2-3)13(10)6(8)15/h1-2,11H,9-10H2,(H2,7,14)(H2,8,15). The van der Waals surface area contributed by atoms with E-state index in [1.807, 2.05) is 0 Å². The molecule has 0 aromatic carbocycles. The van der Waals surface area contributed by atoms with Gasteiger partial charge in [-0.1, -0.05) is 0 Å². The third kappa shape index (κ3) is 2.15. The summed E-state index contributed by atoms with van der Waals surface area (Å²) in [4.78, 5) is 24.0. The zero-order valence-electron chi connectivity index (χ0n) is 7.68. The van der Waals surface area contributed by atoms with E-state index in [-0.39, 0.29) is 11.5 Å². The van der Waals surface area contributed by atoms with Gasteiger partial charge in [-0.2, -0.15) is 0 Å². The van der Waals surface area contributed by atoms with Crippen LogP contribution in [0.5, 0.6) is 0 Å². The van der Waals surface area contributed by atoms with Crippen molar-refractivity contribution < 1.29 is 9.59 Å². The number of nitrogens with two attached hydrogens (primary N) is 4. The number of urea groups is 2. The zero-order valence-corrected chi connectivity index (χ0v) is 7.68. The summed E-state index contributed by atoms with van der Waals surface area (Å²) in [6.07, 6.45) is 1.35. The second-order valence-electron chi connectivity index (χ2n) is 2.66. The van der Waals surface area contributed by atoms with Gasteiger partial charge in [0.05, 0.1) is 5.69 Å². The summed E-state index contributed by atoms with van der Waals surface area (Å²) in [5.74, 6) is 10.8. The van der Waals surface area contributed by atoms with E-state index in [0.29, 0.717) is 10.0 Å². The second-order valence-corrected chi connectivity index (χ2v) is 2.66. The van der Waals surface area contributed by atoms with E-state index in [9.17, 15) is 9.59 Å². The number of hydrogen-bond donors (Lipinski definition) is 5. The Bertz CT molecular complexity index is 352. The van der Waals surface area contributed by atoms with Crippen LogP contribution >= 0.6 is 0 Å². The SMILES string of the molecule is NC(=O)N(N)c1c[nH]c(N(N)C(N)=O)c1. The molecule has 0 atom stereocenters. The molecule has 9 heteroatoms. The van der Waals surface area contributed by atoms with E-state index in [4.69, 9.17) is 23.2 Å². The molecule has 0 aliphatic carbocycles. The van der Waals surface area contributed by atoms with Gasteiger partial charge in [-0.25, -0.2) is 31.3 Å². The van der Waals surface area contributed by atoms with Crippen molar-refractivity contribution in [1.29, 1.82) is 0 Å². The average Bonchev–Trinajstić information content (AvgIpc) is 2.63. The highest BCUT2D eigenvalue weighted by molar-refractivity contribution is 5.92. The monoisotopic (exact) mass is 213 g/mol. The molecule has 82 valence electrons. The lowest BCUT2D eigenvalue weighted by Gasteiger charge is -2.11. The molecule has 0 radical (unpaired) electrons. The first-order chi connectivity index (χ1) is 6.93. The molecule has 0 saturated heterocycles. The molecule has 1 rings (SSSR count). The van der Waals surface area contributed by atoms with Gasteiger partial charge in [-0.15, -0.1) is 0 Å². The molecular formula is C6H11N7O2. The van der Waals surface area contributed by atoms with Crippen molar-refractivity contribution in [2.24, 2.45) is 23.2 Å². The Hall–Kier alpha value is -2.26. The van der Waals surface area contributed by atoms with Gasteiger partial charge >= 0.3 is 12.1 Å². The lowest BCUT2D eigenvalue weighted by Crippen LogP contribution is -2.42. The molecule has 0 aliphatic rings. The number of primary amides is 2. The predicted molar refractivity (Wildman–Crippen MR) is 53.3 cm³/mol. The summed E-state index contributed by atoms with van der Waals surface area (Å²) in [7, 11) is 0. The van der Waals surface area contributed by atoms with Crippen LogP contribution in [-0.2, 0) is 0 Å². The highest BCUT2D eigenvalue weighted by Gasteiger charge is 2.13. The maximum Gasteiger partial charge on any atom is 0.334 e. The summed E-state index contributed by atoms with van der Waals surface area (Å²) in [5.41, 5.74) is 10.1. The Morgan fingerprint density at radius 3 is 2.13 bits per heavy atom. The maximum absolute atomic E-state index is 10.7. The quantitative estimate of drug-likeness (QED) is 0.230. The number of H-pyrrole nitrogens is 1. The summed E-state index contributed by atoms with van der Waals surface area (Å²) in [5, 5.41) is 1.35. The minimum atomic E-state index is -0.856. The highest BCUT2D eigenvalue weighted by Crippen LogP contribution is 2.17. The number of hydrazine groups is 2. The number of rotatable bonds is 2. The highest BCUT2D eigenvalue weighted by atomic mass is 16.2. The molecule has 0 unspecified atom stereocenters. The van der Waals surface area contributed by atoms with Gasteiger partial charge in [0.2, 0.25) is 0 Å². The van der Waals surface area contributed by atoms with Crippen LogP contribution in [-0.4, -0.2) is 17.0 Å². The van der Waals surface area contributed by atoms with Crippen LogP contribution in [0.4, 0.5) is 21.1 Å². The zero-order chi connectivity index (χ0) is 11.6. The Balaban J connectivity index is 2.89. The number of aromatic amines is 1. The third-order valence-corrected chi connectivity index (χ3v) is 1.67. The average molecular weight is 213 g/mol. The van der Waals surface area contributed by atoms with Crippen molar-refractivity contribution in [3.8, 4) is 0 Å². The molecule has 4 amide bonds. The lowest BCUT2D eigenvalue weighted by molar-refractivity contribution is 0.253. The minimum absolute atomic E-state index is 0.189. The normalized spacial score (nSPS) is 9.73. The molecule has 1 aromatic heterocycles. The van der Waals surface area contributed by atoms with Crippen LogP contribution < -0.4 is 33.2 Å². The van der Waals surface area contributed by atoms with E-state index in [1.165, 1.54) is 12.3 Å². The number of carbonyl (C=O) groups is 2. The number of anilines is 2. The molecule has 9 N–H and O–H groups in total. The predicted octanol–water partition coefficient (Wildman–Crippen LogP) is -1.47. The Morgan fingerprint density at radius 2 is 1.67 bits per heavy atom. The van der Waals surface area contributed by atoms with Gasteiger partial charge in [-0.3, -0.25) is 0 Å². The fourth-order valence-electron chi connectivity index (χ4n) is 0.895. The first-order valence-electron chi connectivity index (χ1n) is 3.80. The van der Waals surface area contributed by atoms with Crippen LogP contribution in [0.3, 0.4) is 0 Å². The van der Waals surface area contributed by atoms with E-state index in [1.54, 1.807) is 0 Å². The van der Waals surface area contributed by atoms with E-state index in [0.717, 1.165) is 0 Å². The molecule has 0 saturated carbocycles. The molecule has 9 nitrogen and oxygen atoms in total. The van der Waals surface area contributed by atoms with Crippen LogP contribution in [0.1, 0.15) is 0 Å². The van der Waals surface area contributed by atoms with Crippen molar-refractivity contribution in [2.75, 3.05) is 10.0 Å². The number of aromatic nitrogens is 1. The Morgan fingerprint density at radius 1 is 1.13 bits per heavy atom. The summed E-state index contributed by atoms with van der Waals surface area (Å²) in [6.45, 7) is 0. The van der Waals surface area contributed by atoms with E-state index >= 15 is 0 Å². The van der Waals surface area contributed by atoms with Gasteiger partial charge in [0.1, 0.15) is 5.82 Å². The first-order valence-corrected chi connectivity index (χ1v) is 3.80. The summed E-state index contributed by atoms with van der Waals surface area (Å²) >= 11 is 0. The number of carbonyl (C=O) groups excluding carboxylic acids is 2. The molecule has 1 heterocycles. The van der Waals surface area contributed by atoms with Gasteiger partial charge in [-0.05, 0) is 0 Å². The van der Waals surface area contributed by atoms with Crippen molar-refractivity contribution in [2.45, 2.75) is 0 Å². The van der Waals surface area contributed by atoms with Gasteiger partial charge < -0.3 is 16.5 Å². The molecule has 0 spiro atoms. The molecule has 0 aliphatic heterocycles. The van der Waals surface area contributed by atoms with Crippen LogP contribution in [0.15, 0.2) is 12.3 Å². The van der Waals surface area contributed by atoms with Crippen LogP contribution in [0.2, 0.25) is 0 Å². The van der Waals surface area contributed by atoms with Gasteiger partial charge in [0.25, 0.3) is 0 Å². The second kappa shape index (κ2) is 3.86. The number of amides is 4. The van der Waals surface area contributed by atoms with E-state index in [2.05, 4.69) is 4.98 Å². The molecular weight excluding hydrogens is 202 g/mol. The fraction of sp³-hybridized carbons (Fsp3) is 0. The fourth-order valence-corrected chi connectivity index (χ4v) is 0.895. The van der Waals surface area contributed by atoms with Crippen molar-refractivity contribution in [3.63, 3.8) is 0 Å². The first kappa shape index (κ1) is 10.8. The minimum Gasteiger partial charge on any atom is -0.350 e. The smallest absolute Gasteiger partial charge is 0.334 e. The Labute approximate surface area is 84.5 Å². The van der Waals surface area contributed by atoms with E-state index < -0.39 is 12.1 Å².